The first-order valence-electron chi connectivity index (χ1n) is 5.97. The second-order valence-corrected chi connectivity index (χ2v) is 5.68. The quantitative estimate of drug-likeness (QED) is 0.791. The van der Waals surface area contributed by atoms with E-state index in [-0.39, 0.29) is 22.4 Å². The van der Waals surface area contributed by atoms with E-state index < -0.39 is 5.69 Å². The van der Waals surface area contributed by atoms with Crippen molar-refractivity contribution in [2.24, 2.45) is 0 Å². The maximum absolute atomic E-state index is 12.1. The van der Waals surface area contributed by atoms with Crippen LogP contribution in [0.2, 0.25) is 5.15 Å². The molecule has 1 saturated heterocycles. The zero-order valence-corrected chi connectivity index (χ0v) is 11.5. The van der Waals surface area contributed by atoms with Crippen LogP contribution in [0.25, 0.3) is 0 Å². The topological polar surface area (TPSA) is 64.1 Å². The van der Waals surface area contributed by atoms with Gasteiger partial charge in [-0.05, 0) is 33.6 Å². The Morgan fingerprint density at radius 1 is 1.44 bits per heavy atom. The summed E-state index contributed by atoms with van der Waals surface area (Å²) in [6.45, 7) is 6.08. The average molecular weight is 273 g/mol. The highest BCUT2D eigenvalue weighted by atomic mass is 35.5. The first kappa shape index (κ1) is 13.4. The summed E-state index contributed by atoms with van der Waals surface area (Å²) in [5, 5.41) is 0.118. The van der Waals surface area contributed by atoms with E-state index in [4.69, 9.17) is 16.3 Å². The highest BCUT2D eigenvalue weighted by Crippen LogP contribution is 2.30. The van der Waals surface area contributed by atoms with Crippen molar-refractivity contribution in [2.45, 2.75) is 45.3 Å². The van der Waals surface area contributed by atoms with E-state index in [0.717, 1.165) is 0 Å². The zero-order chi connectivity index (χ0) is 13.5. The Kier molecular flexibility index (Phi) is 3.38. The van der Waals surface area contributed by atoms with Crippen molar-refractivity contribution in [3.63, 3.8) is 0 Å². The van der Waals surface area contributed by atoms with Crippen molar-refractivity contribution >= 4 is 11.6 Å². The SMILES string of the molecule is Cc1c(Cl)[nH]c(=O)n(C2CCOC(C)(C)C2)c1=O. The summed E-state index contributed by atoms with van der Waals surface area (Å²) in [5.74, 6) is 0. The number of rotatable bonds is 1. The van der Waals surface area contributed by atoms with E-state index >= 15 is 0 Å². The number of halogens is 1. The van der Waals surface area contributed by atoms with Crippen LogP contribution < -0.4 is 11.2 Å². The first-order chi connectivity index (χ1) is 8.32. The molecule has 18 heavy (non-hydrogen) atoms. The van der Waals surface area contributed by atoms with Gasteiger partial charge in [0.1, 0.15) is 5.15 Å². The van der Waals surface area contributed by atoms with Gasteiger partial charge in [0.2, 0.25) is 0 Å². The molecule has 1 aromatic rings. The number of H-pyrrole nitrogens is 1. The third kappa shape index (κ3) is 2.37. The molecule has 0 radical (unpaired) electrons. The Bertz CT molecular complexity index is 574. The molecule has 0 aromatic carbocycles. The lowest BCUT2D eigenvalue weighted by molar-refractivity contribution is -0.0701. The predicted molar refractivity (Wildman–Crippen MR) is 69.4 cm³/mol. The number of hydrogen-bond acceptors (Lipinski definition) is 3. The molecular weight excluding hydrogens is 256 g/mol. The molecule has 0 spiro atoms. The predicted octanol–water partition coefficient (Wildman–Crippen LogP) is 1.63. The molecule has 1 N–H and O–H groups in total. The molecular formula is C12H17ClN2O3. The maximum atomic E-state index is 12.1. The molecule has 1 unspecified atom stereocenters. The van der Waals surface area contributed by atoms with Crippen molar-refractivity contribution in [3.8, 4) is 0 Å². The van der Waals surface area contributed by atoms with Gasteiger partial charge in [-0.15, -0.1) is 0 Å². The molecule has 0 bridgehead atoms. The van der Waals surface area contributed by atoms with Gasteiger partial charge in [-0.1, -0.05) is 11.6 Å². The third-order valence-electron chi connectivity index (χ3n) is 3.34. The molecule has 2 heterocycles. The summed E-state index contributed by atoms with van der Waals surface area (Å²) in [4.78, 5) is 26.5. The number of hydrogen-bond donors (Lipinski definition) is 1. The van der Waals surface area contributed by atoms with Crippen LogP contribution in [0.1, 0.15) is 38.3 Å². The van der Waals surface area contributed by atoms with Crippen LogP contribution in [-0.2, 0) is 4.74 Å². The third-order valence-corrected chi connectivity index (χ3v) is 3.72. The molecule has 0 amide bonds. The summed E-state index contributed by atoms with van der Waals surface area (Å²) in [6.07, 6.45) is 1.30. The van der Waals surface area contributed by atoms with E-state index in [1.54, 1.807) is 6.92 Å². The minimum atomic E-state index is -0.446. The molecule has 1 aliphatic heterocycles. The minimum Gasteiger partial charge on any atom is -0.375 e. The molecule has 6 heteroatoms. The van der Waals surface area contributed by atoms with E-state index in [1.165, 1.54) is 4.57 Å². The summed E-state index contributed by atoms with van der Waals surface area (Å²) in [5.41, 5.74) is -0.701. The van der Waals surface area contributed by atoms with E-state index in [2.05, 4.69) is 4.98 Å². The van der Waals surface area contributed by atoms with Crippen molar-refractivity contribution in [3.05, 3.63) is 31.6 Å². The Morgan fingerprint density at radius 2 is 2.11 bits per heavy atom. The van der Waals surface area contributed by atoms with Gasteiger partial charge in [-0.2, -0.15) is 0 Å². The van der Waals surface area contributed by atoms with Gasteiger partial charge >= 0.3 is 5.69 Å². The maximum Gasteiger partial charge on any atom is 0.329 e. The van der Waals surface area contributed by atoms with Crippen LogP contribution in [0.15, 0.2) is 9.59 Å². The van der Waals surface area contributed by atoms with Crippen molar-refractivity contribution in [1.29, 1.82) is 0 Å². The smallest absolute Gasteiger partial charge is 0.329 e. The fraction of sp³-hybridized carbons (Fsp3) is 0.667. The standard InChI is InChI=1S/C12H17ClN2O3/c1-7-9(13)14-11(17)15(10(7)16)8-4-5-18-12(2,3)6-8/h8H,4-6H2,1-3H3,(H,14,17). The lowest BCUT2D eigenvalue weighted by atomic mass is 9.94. The highest BCUT2D eigenvalue weighted by molar-refractivity contribution is 6.30. The fourth-order valence-corrected chi connectivity index (χ4v) is 2.53. The molecule has 1 atom stereocenters. The van der Waals surface area contributed by atoms with E-state index in [1.807, 2.05) is 13.8 Å². The monoisotopic (exact) mass is 272 g/mol. The second kappa shape index (κ2) is 4.55. The van der Waals surface area contributed by atoms with Gasteiger partial charge in [-0.25, -0.2) is 4.79 Å². The Hall–Kier alpha value is -1.07. The molecule has 1 aliphatic rings. The average Bonchev–Trinajstić information content (AvgIpc) is 2.25. The Labute approximate surface area is 110 Å². The lowest BCUT2D eigenvalue weighted by Crippen LogP contribution is -2.45. The number of ether oxygens (including phenoxy) is 1. The zero-order valence-electron chi connectivity index (χ0n) is 10.7. The van der Waals surface area contributed by atoms with Gasteiger partial charge in [0.25, 0.3) is 5.56 Å². The van der Waals surface area contributed by atoms with Crippen LogP contribution in [0.4, 0.5) is 0 Å². The molecule has 5 nitrogen and oxygen atoms in total. The van der Waals surface area contributed by atoms with Crippen LogP contribution in [0.5, 0.6) is 0 Å². The van der Waals surface area contributed by atoms with Gasteiger partial charge in [-0.3, -0.25) is 14.3 Å². The van der Waals surface area contributed by atoms with E-state index in [0.29, 0.717) is 25.0 Å². The fourth-order valence-electron chi connectivity index (χ4n) is 2.37. The van der Waals surface area contributed by atoms with Crippen LogP contribution in [0, 0.1) is 6.92 Å². The molecule has 100 valence electrons. The molecule has 0 aliphatic carbocycles. The van der Waals surface area contributed by atoms with Crippen LogP contribution in [0.3, 0.4) is 0 Å². The minimum absolute atomic E-state index is 0.118. The molecule has 0 saturated carbocycles. The number of aromatic amines is 1. The largest absolute Gasteiger partial charge is 0.375 e. The second-order valence-electron chi connectivity index (χ2n) is 5.30. The Morgan fingerprint density at radius 3 is 2.72 bits per heavy atom. The number of aromatic nitrogens is 2. The normalized spacial score (nSPS) is 23.0. The van der Waals surface area contributed by atoms with Gasteiger partial charge in [0.05, 0.1) is 5.60 Å². The summed E-state index contributed by atoms with van der Waals surface area (Å²) < 4.78 is 6.87. The number of nitrogens with zero attached hydrogens (tertiary/aromatic N) is 1. The molecule has 2 rings (SSSR count). The summed E-state index contributed by atoms with van der Waals surface area (Å²) in [7, 11) is 0. The highest BCUT2D eigenvalue weighted by Gasteiger charge is 2.31. The summed E-state index contributed by atoms with van der Waals surface area (Å²) >= 11 is 5.79. The number of nitrogens with one attached hydrogen (secondary N) is 1. The van der Waals surface area contributed by atoms with Crippen LogP contribution >= 0.6 is 11.6 Å². The Balaban J connectivity index is 2.49. The van der Waals surface area contributed by atoms with Crippen molar-refractivity contribution in [2.75, 3.05) is 6.61 Å². The van der Waals surface area contributed by atoms with Crippen molar-refractivity contribution in [1.82, 2.24) is 9.55 Å². The summed E-state index contributed by atoms with van der Waals surface area (Å²) in [6, 6.07) is -0.138. The van der Waals surface area contributed by atoms with E-state index in [9.17, 15) is 9.59 Å². The van der Waals surface area contributed by atoms with Crippen molar-refractivity contribution < 1.29 is 4.74 Å². The molecule has 1 aromatic heterocycles. The van der Waals surface area contributed by atoms with Crippen LogP contribution in [-0.4, -0.2) is 21.8 Å². The van der Waals surface area contributed by atoms with Gasteiger partial charge in [0, 0.05) is 18.2 Å². The van der Waals surface area contributed by atoms with Gasteiger partial charge < -0.3 is 4.74 Å². The molecule has 1 fully saturated rings. The van der Waals surface area contributed by atoms with Gasteiger partial charge in [0.15, 0.2) is 0 Å². The lowest BCUT2D eigenvalue weighted by Gasteiger charge is -2.35. The first-order valence-corrected chi connectivity index (χ1v) is 6.34.